The Morgan fingerprint density at radius 3 is 2.75 bits per heavy atom. The first-order valence-electron chi connectivity index (χ1n) is 6.95. The molecule has 2 rings (SSSR count). The molecule has 0 unspecified atom stereocenters. The SMILES string of the molecule is CCOC(=O)Cc1csc(NN=Cc2c(F)cc(OC)cc2F)n1. The van der Waals surface area contributed by atoms with Crippen molar-refractivity contribution in [3.63, 3.8) is 0 Å². The van der Waals surface area contributed by atoms with Gasteiger partial charge in [-0.2, -0.15) is 5.10 Å². The van der Waals surface area contributed by atoms with E-state index >= 15 is 0 Å². The Labute approximate surface area is 141 Å². The van der Waals surface area contributed by atoms with Gasteiger partial charge in [-0.25, -0.2) is 13.8 Å². The third kappa shape index (κ3) is 4.72. The van der Waals surface area contributed by atoms with Gasteiger partial charge >= 0.3 is 5.97 Å². The zero-order chi connectivity index (χ0) is 17.5. The van der Waals surface area contributed by atoms with Crippen LogP contribution in [0.3, 0.4) is 0 Å². The fourth-order valence-electron chi connectivity index (χ4n) is 1.75. The molecule has 1 aromatic heterocycles. The van der Waals surface area contributed by atoms with Crippen LogP contribution in [0, 0.1) is 11.6 Å². The molecule has 0 fully saturated rings. The third-order valence-electron chi connectivity index (χ3n) is 2.82. The van der Waals surface area contributed by atoms with E-state index in [-0.39, 0.29) is 23.7 Å². The van der Waals surface area contributed by atoms with Crippen molar-refractivity contribution in [2.45, 2.75) is 13.3 Å². The Bertz CT molecular complexity index is 726. The van der Waals surface area contributed by atoms with E-state index in [2.05, 4.69) is 15.5 Å². The first-order chi connectivity index (χ1) is 11.5. The number of methoxy groups -OCH3 is 1. The van der Waals surface area contributed by atoms with E-state index in [0.717, 1.165) is 18.3 Å². The number of hydrazone groups is 1. The molecule has 6 nitrogen and oxygen atoms in total. The van der Waals surface area contributed by atoms with Crippen LogP contribution in [0.2, 0.25) is 0 Å². The van der Waals surface area contributed by atoms with Gasteiger partial charge in [0, 0.05) is 17.5 Å². The second-order valence-electron chi connectivity index (χ2n) is 4.50. The molecule has 0 aliphatic rings. The molecule has 0 radical (unpaired) electrons. The van der Waals surface area contributed by atoms with Crippen LogP contribution >= 0.6 is 11.3 Å². The van der Waals surface area contributed by atoms with Crippen molar-refractivity contribution in [1.29, 1.82) is 0 Å². The van der Waals surface area contributed by atoms with Gasteiger partial charge in [0.15, 0.2) is 0 Å². The summed E-state index contributed by atoms with van der Waals surface area (Å²) >= 11 is 1.21. The van der Waals surface area contributed by atoms with Crippen molar-refractivity contribution in [2.75, 3.05) is 19.1 Å². The van der Waals surface area contributed by atoms with E-state index in [9.17, 15) is 13.6 Å². The molecule has 0 aliphatic carbocycles. The molecular formula is C15H15F2N3O3S. The van der Waals surface area contributed by atoms with E-state index < -0.39 is 11.6 Å². The first-order valence-corrected chi connectivity index (χ1v) is 7.83. The van der Waals surface area contributed by atoms with Crippen molar-refractivity contribution in [3.05, 3.63) is 40.4 Å². The second-order valence-corrected chi connectivity index (χ2v) is 5.36. The monoisotopic (exact) mass is 355 g/mol. The van der Waals surface area contributed by atoms with Gasteiger partial charge in [-0.3, -0.25) is 10.2 Å². The number of ether oxygens (including phenoxy) is 2. The molecule has 0 bridgehead atoms. The molecule has 1 aromatic carbocycles. The summed E-state index contributed by atoms with van der Waals surface area (Å²) in [4.78, 5) is 15.5. The van der Waals surface area contributed by atoms with Gasteiger partial charge in [0.25, 0.3) is 0 Å². The van der Waals surface area contributed by atoms with Gasteiger partial charge in [-0.05, 0) is 6.92 Å². The van der Waals surface area contributed by atoms with E-state index in [0.29, 0.717) is 17.4 Å². The van der Waals surface area contributed by atoms with Gasteiger partial charge in [0.2, 0.25) is 5.13 Å². The molecule has 1 heterocycles. The summed E-state index contributed by atoms with van der Waals surface area (Å²) in [5, 5.41) is 5.81. The molecule has 0 amide bonds. The van der Waals surface area contributed by atoms with E-state index in [1.54, 1.807) is 12.3 Å². The lowest BCUT2D eigenvalue weighted by Crippen LogP contribution is -2.07. The molecule has 24 heavy (non-hydrogen) atoms. The minimum Gasteiger partial charge on any atom is -0.497 e. The van der Waals surface area contributed by atoms with Crippen LogP contribution in [0.1, 0.15) is 18.2 Å². The summed E-state index contributed by atoms with van der Waals surface area (Å²) < 4.78 is 37.1. The number of esters is 1. The van der Waals surface area contributed by atoms with Crippen molar-refractivity contribution in [2.24, 2.45) is 5.10 Å². The minimum absolute atomic E-state index is 0.0530. The lowest BCUT2D eigenvalue weighted by molar-refractivity contribution is -0.142. The van der Waals surface area contributed by atoms with Gasteiger partial charge < -0.3 is 9.47 Å². The Balaban J connectivity index is 2.00. The minimum atomic E-state index is -0.792. The number of aromatic nitrogens is 1. The van der Waals surface area contributed by atoms with Crippen LogP contribution in [-0.4, -0.2) is 30.9 Å². The molecule has 0 saturated heterocycles. The van der Waals surface area contributed by atoms with Crippen LogP contribution in [0.5, 0.6) is 5.75 Å². The summed E-state index contributed by atoms with van der Waals surface area (Å²) in [5.74, 6) is -1.88. The van der Waals surface area contributed by atoms with Crippen LogP contribution in [0.15, 0.2) is 22.6 Å². The van der Waals surface area contributed by atoms with Crippen molar-refractivity contribution in [3.8, 4) is 5.75 Å². The van der Waals surface area contributed by atoms with Crippen LogP contribution in [-0.2, 0) is 16.0 Å². The number of anilines is 1. The van der Waals surface area contributed by atoms with Crippen molar-refractivity contribution in [1.82, 2.24) is 4.98 Å². The fourth-order valence-corrected chi connectivity index (χ4v) is 2.41. The predicted octanol–water partition coefficient (Wildman–Crippen LogP) is 2.98. The summed E-state index contributed by atoms with van der Waals surface area (Å²) in [7, 11) is 1.32. The highest BCUT2D eigenvalue weighted by molar-refractivity contribution is 7.13. The average Bonchev–Trinajstić information content (AvgIpc) is 2.97. The summed E-state index contributed by atoms with van der Waals surface area (Å²) in [6.45, 7) is 2.02. The summed E-state index contributed by atoms with van der Waals surface area (Å²) in [6.07, 6.45) is 1.06. The molecule has 0 atom stereocenters. The highest BCUT2D eigenvalue weighted by Crippen LogP contribution is 2.20. The molecular weight excluding hydrogens is 340 g/mol. The number of hydrogen-bond acceptors (Lipinski definition) is 7. The second kappa shape index (κ2) is 8.34. The molecule has 0 aliphatic heterocycles. The van der Waals surface area contributed by atoms with Gasteiger partial charge in [0.05, 0.1) is 37.6 Å². The van der Waals surface area contributed by atoms with Crippen LogP contribution < -0.4 is 10.2 Å². The number of thiazole rings is 1. The topological polar surface area (TPSA) is 72.8 Å². The van der Waals surface area contributed by atoms with E-state index in [1.165, 1.54) is 18.4 Å². The lowest BCUT2D eigenvalue weighted by Gasteiger charge is -2.03. The number of halogens is 2. The normalized spacial score (nSPS) is 10.8. The Kier molecular flexibility index (Phi) is 6.19. The molecule has 0 spiro atoms. The van der Waals surface area contributed by atoms with Crippen molar-refractivity contribution < 1.29 is 23.0 Å². The number of hydrogen-bond donors (Lipinski definition) is 1. The maximum absolute atomic E-state index is 13.7. The maximum Gasteiger partial charge on any atom is 0.311 e. The van der Waals surface area contributed by atoms with Crippen molar-refractivity contribution >= 4 is 28.7 Å². The first kappa shape index (κ1) is 17.8. The highest BCUT2D eigenvalue weighted by Gasteiger charge is 2.10. The number of carbonyl (C=O) groups is 1. The predicted molar refractivity (Wildman–Crippen MR) is 86.6 cm³/mol. The molecule has 9 heteroatoms. The number of rotatable bonds is 7. The Morgan fingerprint density at radius 2 is 2.12 bits per heavy atom. The van der Waals surface area contributed by atoms with E-state index in [4.69, 9.17) is 9.47 Å². The maximum atomic E-state index is 13.7. The third-order valence-corrected chi connectivity index (χ3v) is 3.62. The molecule has 128 valence electrons. The van der Waals surface area contributed by atoms with Gasteiger partial charge in [0.1, 0.15) is 17.4 Å². The lowest BCUT2D eigenvalue weighted by atomic mass is 10.2. The molecule has 1 N–H and O–H groups in total. The average molecular weight is 355 g/mol. The zero-order valence-electron chi connectivity index (χ0n) is 13.0. The molecule has 2 aromatic rings. The zero-order valence-corrected chi connectivity index (χ0v) is 13.8. The van der Waals surface area contributed by atoms with Crippen LogP contribution in [0.25, 0.3) is 0 Å². The highest BCUT2D eigenvalue weighted by atomic mass is 32.1. The number of nitrogens with one attached hydrogen (secondary N) is 1. The number of carbonyl (C=O) groups excluding carboxylic acids is 1. The van der Waals surface area contributed by atoms with Crippen LogP contribution in [0.4, 0.5) is 13.9 Å². The molecule has 0 saturated carbocycles. The number of nitrogens with zero attached hydrogens (tertiary/aromatic N) is 2. The van der Waals surface area contributed by atoms with Gasteiger partial charge in [-0.15, -0.1) is 11.3 Å². The Morgan fingerprint density at radius 1 is 1.42 bits per heavy atom. The van der Waals surface area contributed by atoms with E-state index in [1.807, 2.05) is 0 Å². The summed E-state index contributed by atoms with van der Waals surface area (Å²) in [5.41, 5.74) is 2.79. The van der Waals surface area contributed by atoms with Gasteiger partial charge in [-0.1, -0.05) is 0 Å². The smallest absolute Gasteiger partial charge is 0.311 e. The largest absolute Gasteiger partial charge is 0.497 e. The summed E-state index contributed by atoms with van der Waals surface area (Å²) in [6, 6.07) is 2.12. The Hall–Kier alpha value is -2.55. The standard InChI is InChI=1S/C15H15F2N3O3S/c1-3-23-14(21)4-9-8-24-15(19-9)20-18-7-11-12(16)5-10(22-2)6-13(11)17/h5-8H,3-4H2,1-2H3,(H,19,20). The quantitative estimate of drug-likeness (QED) is 0.470. The number of benzene rings is 1. The fraction of sp³-hybridized carbons (Fsp3) is 0.267.